The van der Waals surface area contributed by atoms with Gasteiger partial charge >= 0.3 is 0 Å². The first-order valence-corrected chi connectivity index (χ1v) is 4.76. The number of likely N-dealkylation sites (N-methyl/N-ethyl adjacent to an activating group) is 1. The number of hydrogen-bond donors (Lipinski definition) is 4. The smallest absolute Gasteiger partial charge is 0.236 e. The molecular formula is C9H20N2O3. The molecule has 1 amide bonds. The van der Waals surface area contributed by atoms with E-state index in [0.29, 0.717) is 6.42 Å². The molecule has 0 radical (unpaired) electrons. The second-order valence-corrected chi connectivity index (χ2v) is 3.43. The van der Waals surface area contributed by atoms with E-state index < -0.39 is 11.6 Å². The fourth-order valence-electron chi connectivity index (χ4n) is 1.21. The van der Waals surface area contributed by atoms with Crippen molar-refractivity contribution in [2.45, 2.75) is 31.8 Å². The van der Waals surface area contributed by atoms with Crippen molar-refractivity contribution in [1.29, 1.82) is 0 Å². The largest absolute Gasteiger partial charge is 0.394 e. The Balaban J connectivity index is 4.36. The number of rotatable bonds is 6. The van der Waals surface area contributed by atoms with E-state index in [1.807, 2.05) is 6.92 Å². The molecule has 1 unspecified atom stereocenters. The minimum Gasteiger partial charge on any atom is -0.394 e. The zero-order valence-electron chi connectivity index (χ0n) is 9.00. The fraction of sp³-hybridized carbons (Fsp3) is 0.889. The molecule has 0 rings (SSSR count). The Hall–Kier alpha value is -0.650. The maximum absolute atomic E-state index is 11.2. The van der Waals surface area contributed by atoms with Gasteiger partial charge in [-0.05, 0) is 13.3 Å². The van der Waals surface area contributed by atoms with Crippen molar-refractivity contribution >= 4 is 5.91 Å². The average Bonchev–Trinajstić information content (AvgIpc) is 2.24. The van der Waals surface area contributed by atoms with Gasteiger partial charge in [0.25, 0.3) is 0 Å². The van der Waals surface area contributed by atoms with E-state index in [9.17, 15) is 4.79 Å². The lowest BCUT2D eigenvalue weighted by molar-refractivity contribution is -0.123. The highest BCUT2D eigenvalue weighted by molar-refractivity contribution is 5.81. The van der Waals surface area contributed by atoms with Crippen molar-refractivity contribution < 1.29 is 15.0 Å². The molecule has 0 aliphatic heterocycles. The predicted octanol–water partition coefficient (Wildman–Crippen LogP) is -1.16. The van der Waals surface area contributed by atoms with Crippen LogP contribution in [-0.4, -0.2) is 48.0 Å². The average molecular weight is 204 g/mol. The molecule has 0 heterocycles. The van der Waals surface area contributed by atoms with E-state index in [0.717, 1.165) is 0 Å². The van der Waals surface area contributed by atoms with Crippen molar-refractivity contribution in [2.75, 3.05) is 20.3 Å². The van der Waals surface area contributed by atoms with E-state index in [-0.39, 0.29) is 19.1 Å². The quantitative estimate of drug-likeness (QED) is 0.440. The van der Waals surface area contributed by atoms with E-state index in [4.69, 9.17) is 10.2 Å². The topological polar surface area (TPSA) is 81.6 Å². The standard InChI is InChI=1S/C9H20N2O3/c1-4-9(5-12,6-13)11-7(2)8(14)10-3/h7,11-13H,4-6H2,1-3H3,(H,10,14). The second kappa shape index (κ2) is 5.95. The SMILES string of the molecule is CCC(CO)(CO)NC(C)C(=O)NC. The molecule has 5 heteroatoms. The molecule has 84 valence electrons. The molecule has 0 aliphatic carbocycles. The zero-order chi connectivity index (χ0) is 11.2. The van der Waals surface area contributed by atoms with Crippen LogP contribution in [0.5, 0.6) is 0 Å². The van der Waals surface area contributed by atoms with Gasteiger partial charge in [0.1, 0.15) is 0 Å². The molecule has 1 atom stereocenters. The zero-order valence-corrected chi connectivity index (χ0v) is 9.00. The van der Waals surface area contributed by atoms with Crippen LogP contribution in [-0.2, 0) is 4.79 Å². The van der Waals surface area contributed by atoms with Crippen molar-refractivity contribution in [3.63, 3.8) is 0 Å². The molecule has 5 nitrogen and oxygen atoms in total. The Morgan fingerprint density at radius 2 is 1.93 bits per heavy atom. The maximum Gasteiger partial charge on any atom is 0.236 e. The Labute approximate surface area is 84.5 Å². The molecule has 0 aromatic heterocycles. The lowest BCUT2D eigenvalue weighted by atomic mass is 9.97. The van der Waals surface area contributed by atoms with Gasteiger partial charge in [-0.15, -0.1) is 0 Å². The van der Waals surface area contributed by atoms with Gasteiger partial charge in [-0.3, -0.25) is 10.1 Å². The minimum atomic E-state index is -0.772. The first-order chi connectivity index (χ1) is 6.55. The summed E-state index contributed by atoms with van der Waals surface area (Å²) >= 11 is 0. The molecular weight excluding hydrogens is 184 g/mol. The number of carbonyl (C=O) groups excluding carboxylic acids is 1. The number of nitrogens with one attached hydrogen (secondary N) is 2. The lowest BCUT2D eigenvalue weighted by Gasteiger charge is -2.32. The van der Waals surface area contributed by atoms with Crippen molar-refractivity contribution in [1.82, 2.24) is 10.6 Å². The summed E-state index contributed by atoms with van der Waals surface area (Å²) in [4.78, 5) is 11.2. The van der Waals surface area contributed by atoms with Crippen LogP contribution in [0, 0.1) is 0 Å². The molecule has 0 aromatic rings. The lowest BCUT2D eigenvalue weighted by Crippen LogP contribution is -2.58. The third kappa shape index (κ3) is 3.25. The van der Waals surface area contributed by atoms with Gasteiger partial charge in [-0.1, -0.05) is 6.92 Å². The van der Waals surface area contributed by atoms with Crippen molar-refractivity contribution in [3.8, 4) is 0 Å². The second-order valence-electron chi connectivity index (χ2n) is 3.43. The minimum absolute atomic E-state index is 0.162. The highest BCUT2D eigenvalue weighted by Gasteiger charge is 2.29. The van der Waals surface area contributed by atoms with Gasteiger partial charge < -0.3 is 15.5 Å². The van der Waals surface area contributed by atoms with Crippen LogP contribution in [0.1, 0.15) is 20.3 Å². The highest BCUT2D eigenvalue weighted by Crippen LogP contribution is 2.09. The molecule has 0 spiro atoms. The van der Waals surface area contributed by atoms with Crippen LogP contribution in [0.4, 0.5) is 0 Å². The van der Waals surface area contributed by atoms with Gasteiger partial charge in [0.15, 0.2) is 0 Å². The summed E-state index contributed by atoms with van der Waals surface area (Å²) in [7, 11) is 1.55. The third-order valence-corrected chi connectivity index (χ3v) is 2.44. The van der Waals surface area contributed by atoms with Gasteiger partial charge in [0, 0.05) is 7.05 Å². The van der Waals surface area contributed by atoms with E-state index in [1.165, 1.54) is 0 Å². The molecule has 4 N–H and O–H groups in total. The Morgan fingerprint density at radius 1 is 1.43 bits per heavy atom. The summed E-state index contributed by atoms with van der Waals surface area (Å²) in [6.07, 6.45) is 0.557. The van der Waals surface area contributed by atoms with Crippen LogP contribution >= 0.6 is 0 Å². The summed E-state index contributed by atoms with van der Waals surface area (Å²) < 4.78 is 0. The van der Waals surface area contributed by atoms with Gasteiger partial charge in [0.05, 0.1) is 24.8 Å². The number of carbonyl (C=O) groups is 1. The molecule has 0 aromatic carbocycles. The van der Waals surface area contributed by atoms with Crippen LogP contribution < -0.4 is 10.6 Å². The summed E-state index contributed by atoms with van der Waals surface area (Å²) in [6, 6.07) is -0.431. The Bertz CT molecular complexity index is 173. The number of aliphatic hydroxyl groups is 2. The van der Waals surface area contributed by atoms with Gasteiger partial charge in [-0.2, -0.15) is 0 Å². The fourth-order valence-corrected chi connectivity index (χ4v) is 1.21. The summed E-state index contributed by atoms with van der Waals surface area (Å²) in [6.45, 7) is 3.15. The van der Waals surface area contributed by atoms with Crippen LogP contribution in [0.3, 0.4) is 0 Å². The predicted molar refractivity (Wildman–Crippen MR) is 53.9 cm³/mol. The molecule has 14 heavy (non-hydrogen) atoms. The molecule has 0 bridgehead atoms. The number of amides is 1. The number of hydrogen-bond acceptors (Lipinski definition) is 4. The first kappa shape index (κ1) is 13.4. The summed E-state index contributed by atoms with van der Waals surface area (Å²) in [5.74, 6) is -0.162. The molecule has 0 saturated carbocycles. The normalized spacial score (nSPS) is 13.8. The van der Waals surface area contributed by atoms with Gasteiger partial charge in [-0.25, -0.2) is 0 Å². The van der Waals surface area contributed by atoms with Crippen LogP contribution in [0.25, 0.3) is 0 Å². The Kier molecular flexibility index (Phi) is 5.68. The van der Waals surface area contributed by atoms with Crippen LogP contribution in [0.2, 0.25) is 0 Å². The molecule has 0 saturated heterocycles. The molecule has 0 aliphatic rings. The van der Waals surface area contributed by atoms with Crippen LogP contribution in [0.15, 0.2) is 0 Å². The molecule has 0 fully saturated rings. The Morgan fingerprint density at radius 3 is 2.21 bits per heavy atom. The van der Waals surface area contributed by atoms with E-state index in [1.54, 1.807) is 14.0 Å². The highest BCUT2D eigenvalue weighted by atomic mass is 16.3. The van der Waals surface area contributed by atoms with E-state index in [2.05, 4.69) is 10.6 Å². The summed E-state index contributed by atoms with van der Waals surface area (Å²) in [5, 5.41) is 23.7. The van der Waals surface area contributed by atoms with Crippen molar-refractivity contribution in [3.05, 3.63) is 0 Å². The monoisotopic (exact) mass is 204 g/mol. The van der Waals surface area contributed by atoms with Gasteiger partial charge in [0.2, 0.25) is 5.91 Å². The van der Waals surface area contributed by atoms with Crippen molar-refractivity contribution in [2.24, 2.45) is 0 Å². The maximum atomic E-state index is 11.2. The third-order valence-electron chi connectivity index (χ3n) is 2.44. The number of aliphatic hydroxyl groups excluding tert-OH is 2. The first-order valence-electron chi connectivity index (χ1n) is 4.76. The van der Waals surface area contributed by atoms with E-state index >= 15 is 0 Å². The summed E-state index contributed by atoms with van der Waals surface area (Å²) in [5.41, 5.74) is -0.772.